The minimum atomic E-state index is -0.265. The van der Waals surface area contributed by atoms with E-state index in [-0.39, 0.29) is 18.6 Å². The predicted molar refractivity (Wildman–Crippen MR) is 113 cm³/mol. The fourth-order valence-electron chi connectivity index (χ4n) is 3.58. The zero-order valence-electron chi connectivity index (χ0n) is 16.1. The first kappa shape index (κ1) is 18.1. The Labute approximate surface area is 173 Å². The van der Waals surface area contributed by atoms with Crippen molar-refractivity contribution in [1.82, 2.24) is 20.4 Å². The van der Waals surface area contributed by atoms with Crippen LogP contribution >= 0.6 is 0 Å². The van der Waals surface area contributed by atoms with Gasteiger partial charge in [-0.2, -0.15) is 5.10 Å². The Hall–Kier alpha value is -4.00. The van der Waals surface area contributed by atoms with Gasteiger partial charge in [-0.15, -0.1) is 5.10 Å². The summed E-state index contributed by atoms with van der Waals surface area (Å²) in [5, 5.41) is 12.6. The zero-order valence-corrected chi connectivity index (χ0v) is 16.1. The molecule has 0 aliphatic carbocycles. The van der Waals surface area contributed by atoms with Crippen LogP contribution in [-0.2, 0) is 11.3 Å². The third-order valence-electron chi connectivity index (χ3n) is 5.05. The van der Waals surface area contributed by atoms with Crippen LogP contribution in [0.4, 0.5) is 0 Å². The number of benzene rings is 3. The number of carbonyl (C=O) groups is 1. The Morgan fingerprint density at radius 3 is 2.70 bits per heavy atom. The average Bonchev–Trinajstić information content (AvgIpc) is 3.20. The quantitative estimate of drug-likeness (QED) is 0.535. The van der Waals surface area contributed by atoms with E-state index in [0.717, 1.165) is 33.6 Å². The molecule has 7 nitrogen and oxygen atoms in total. The maximum Gasteiger partial charge on any atom is 0.261 e. The van der Waals surface area contributed by atoms with Gasteiger partial charge >= 0.3 is 0 Å². The number of nitrogens with zero attached hydrogens (tertiary/aromatic N) is 4. The van der Waals surface area contributed by atoms with Crippen molar-refractivity contribution in [1.29, 1.82) is 0 Å². The fourth-order valence-corrected chi connectivity index (χ4v) is 3.58. The van der Waals surface area contributed by atoms with Gasteiger partial charge in [0.1, 0.15) is 23.9 Å². The molecule has 7 heteroatoms. The largest absolute Gasteiger partial charge is 0.485 e. The highest BCUT2D eigenvalue weighted by Crippen LogP contribution is 2.34. The molecule has 3 aromatic carbocycles. The number of para-hydroxylation sites is 2. The van der Waals surface area contributed by atoms with Crippen LogP contribution in [0.25, 0.3) is 11.0 Å². The number of ether oxygens (including phenoxy) is 1. The second kappa shape index (κ2) is 7.79. The monoisotopic (exact) mass is 397 g/mol. The Morgan fingerprint density at radius 2 is 1.80 bits per heavy atom. The number of hydrazone groups is 1. The topological polar surface area (TPSA) is 81.4 Å². The van der Waals surface area contributed by atoms with Crippen LogP contribution < -0.4 is 10.2 Å². The molecule has 1 amide bonds. The van der Waals surface area contributed by atoms with Crippen molar-refractivity contribution in [2.24, 2.45) is 5.10 Å². The second-order valence-corrected chi connectivity index (χ2v) is 7.05. The normalized spacial score (nSPS) is 16.8. The molecule has 4 aromatic rings. The highest BCUT2D eigenvalue weighted by atomic mass is 16.5. The van der Waals surface area contributed by atoms with Crippen LogP contribution in [0.3, 0.4) is 0 Å². The van der Waals surface area contributed by atoms with E-state index in [1.54, 1.807) is 4.68 Å². The van der Waals surface area contributed by atoms with Gasteiger partial charge in [-0.05, 0) is 29.8 Å². The van der Waals surface area contributed by atoms with Crippen LogP contribution in [0.5, 0.6) is 5.75 Å². The van der Waals surface area contributed by atoms with Crippen molar-refractivity contribution < 1.29 is 9.53 Å². The van der Waals surface area contributed by atoms with E-state index in [1.807, 2.05) is 78.9 Å². The molecule has 30 heavy (non-hydrogen) atoms. The standard InChI is InChI=1S/C23H19N5O2/c29-23(15-28-20-12-6-5-11-18(20)25-27-28)26-24-19-14-22(16-8-2-1-3-9-16)30-21-13-7-4-10-17(19)21/h1-13,22H,14-15H2,(H,26,29)/b24-19-/t22-/m1/s1. The van der Waals surface area contributed by atoms with Gasteiger partial charge < -0.3 is 4.74 Å². The van der Waals surface area contributed by atoms with Gasteiger partial charge in [0.05, 0.1) is 11.2 Å². The van der Waals surface area contributed by atoms with E-state index in [0.29, 0.717) is 6.42 Å². The van der Waals surface area contributed by atoms with E-state index < -0.39 is 0 Å². The van der Waals surface area contributed by atoms with Crippen molar-refractivity contribution in [3.05, 3.63) is 90.0 Å². The lowest BCUT2D eigenvalue weighted by Crippen LogP contribution is -2.28. The average molecular weight is 397 g/mol. The molecule has 0 unspecified atom stereocenters. The molecule has 1 atom stereocenters. The molecule has 0 fully saturated rings. The minimum absolute atomic E-state index is 0.0392. The SMILES string of the molecule is O=C(Cn1nnc2ccccc21)N/N=C1/C[C@H](c2ccccc2)Oc2ccccc21. The smallest absolute Gasteiger partial charge is 0.261 e. The molecule has 2 heterocycles. The third kappa shape index (κ3) is 3.53. The highest BCUT2D eigenvalue weighted by Gasteiger charge is 2.26. The molecular formula is C23H19N5O2. The van der Waals surface area contributed by atoms with Crippen LogP contribution in [0.1, 0.15) is 23.7 Å². The lowest BCUT2D eigenvalue weighted by Gasteiger charge is -2.27. The summed E-state index contributed by atoms with van der Waals surface area (Å²) in [6.45, 7) is 0.0392. The first-order valence-electron chi connectivity index (χ1n) is 9.72. The molecule has 0 saturated heterocycles. The van der Waals surface area contributed by atoms with E-state index in [9.17, 15) is 4.79 Å². The van der Waals surface area contributed by atoms with Gasteiger partial charge in [0, 0.05) is 12.0 Å². The van der Waals surface area contributed by atoms with Gasteiger partial charge in [0.15, 0.2) is 0 Å². The second-order valence-electron chi connectivity index (χ2n) is 7.05. The Kier molecular flexibility index (Phi) is 4.69. The van der Waals surface area contributed by atoms with Crippen LogP contribution in [0.2, 0.25) is 0 Å². The number of rotatable bonds is 4. The molecule has 0 spiro atoms. The van der Waals surface area contributed by atoms with E-state index in [4.69, 9.17) is 4.74 Å². The molecule has 1 aliphatic heterocycles. The lowest BCUT2D eigenvalue weighted by molar-refractivity contribution is -0.121. The zero-order chi connectivity index (χ0) is 20.3. The third-order valence-corrected chi connectivity index (χ3v) is 5.05. The number of hydrogen-bond acceptors (Lipinski definition) is 5. The summed E-state index contributed by atoms with van der Waals surface area (Å²) in [5.41, 5.74) is 6.97. The molecule has 0 radical (unpaired) electrons. The molecule has 1 N–H and O–H groups in total. The molecule has 148 valence electrons. The maximum atomic E-state index is 12.5. The molecule has 1 aromatic heterocycles. The van der Waals surface area contributed by atoms with Gasteiger partial charge in [-0.1, -0.05) is 59.8 Å². The number of amides is 1. The first-order chi connectivity index (χ1) is 14.8. The van der Waals surface area contributed by atoms with Crippen molar-refractivity contribution in [3.8, 4) is 5.75 Å². The summed E-state index contributed by atoms with van der Waals surface area (Å²) in [7, 11) is 0. The van der Waals surface area contributed by atoms with E-state index in [2.05, 4.69) is 20.8 Å². The Morgan fingerprint density at radius 1 is 1.03 bits per heavy atom. The summed E-state index contributed by atoms with van der Waals surface area (Å²) in [4.78, 5) is 12.5. The van der Waals surface area contributed by atoms with Crippen LogP contribution in [0, 0.1) is 0 Å². The van der Waals surface area contributed by atoms with Gasteiger partial charge in [0.25, 0.3) is 5.91 Å². The maximum absolute atomic E-state index is 12.5. The van der Waals surface area contributed by atoms with E-state index >= 15 is 0 Å². The number of nitrogens with one attached hydrogen (secondary N) is 1. The van der Waals surface area contributed by atoms with Crippen LogP contribution in [0.15, 0.2) is 84.0 Å². The van der Waals surface area contributed by atoms with Crippen molar-refractivity contribution in [2.45, 2.75) is 19.1 Å². The number of aromatic nitrogens is 3. The molecule has 0 saturated carbocycles. The predicted octanol–water partition coefficient (Wildman–Crippen LogP) is 3.48. The lowest BCUT2D eigenvalue weighted by atomic mass is 9.96. The Bertz CT molecular complexity index is 1230. The van der Waals surface area contributed by atoms with E-state index in [1.165, 1.54) is 0 Å². The Balaban J connectivity index is 1.37. The number of fused-ring (bicyclic) bond motifs is 2. The number of carbonyl (C=O) groups excluding carboxylic acids is 1. The van der Waals surface area contributed by atoms with Gasteiger partial charge in [-0.25, -0.2) is 10.1 Å². The molecule has 1 aliphatic rings. The summed E-state index contributed by atoms with van der Waals surface area (Å²) >= 11 is 0. The first-order valence-corrected chi connectivity index (χ1v) is 9.72. The number of hydrogen-bond donors (Lipinski definition) is 1. The molecular weight excluding hydrogens is 378 g/mol. The molecule has 5 rings (SSSR count). The minimum Gasteiger partial charge on any atom is -0.485 e. The fraction of sp³-hybridized carbons (Fsp3) is 0.130. The van der Waals surface area contributed by atoms with Crippen molar-refractivity contribution in [3.63, 3.8) is 0 Å². The van der Waals surface area contributed by atoms with Gasteiger partial charge in [0.2, 0.25) is 0 Å². The van der Waals surface area contributed by atoms with Gasteiger partial charge in [-0.3, -0.25) is 4.79 Å². The summed E-state index contributed by atoms with van der Waals surface area (Å²) in [6.07, 6.45) is 0.407. The molecule has 0 bridgehead atoms. The summed E-state index contributed by atoms with van der Waals surface area (Å²) < 4.78 is 7.74. The highest BCUT2D eigenvalue weighted by molar-refractivity contribution is 6.04. The van der Waals surface area contributed by atoms with Crippen LogP contribution in [-0.4, -0.2) is 26.6 Å². The van der Waals surface area contributed by atoms with Crippen molar-refractivity contribution in [2.75, 3.05) is 0 Å². The summed E-state index contributed by atoms with van der Waals surface area (Å²) in [6, 6.07) is 25.3. The van der Waals surface area contributed by atoms with Crippen molar-refractivity contribution >= 4 is 22.7 Å². The summed E-state index contributed by atoms with van der Waals surface area (Å²) in [5.74, 6) is 0.492.